The second kappa shape index (κ2) is 2.11. The van der Waals surface area contributed by atoms with Crippen LogP contribution in [0.5, 0.6) is 0 Å². The number of hydrogen-bond donors (Lipinski definition) is 1. The fourth-order valence-electron chi connectivity index (χ4n) is 0.632. The van der Waals surface area contributed by atoms with Gasteiger partial charge in [0.1, 0.15) is 6.54 Å². The smallest absolute Gasteiger partial charge is 0.206 e. The summed E-state index contributed by atoms with van der Waals surface area (Å²) >= 11 is 0. The van der Waals surface area contributed by atoms with Crippen molar-refractivity contribution < 1.29 is 9.80 Å². The van der Waals surface area contributed by atoms with Crippen LogP contribution in [0.2, 0.25) is 0 Å². The number of nitrogens with one attached hydrogen (secondary N) is 1. The Morgan fingerprint density at radius 1 is 1.62 bits per heavy atom. The molecule has 1 unspecified atom stereocenters. The summed E-state index contributed by atoms with van der Waals surface area (Å²) in [5, 5.41) is 20.9. The zero-order chi connectivity index (χ0) is 5.98. The molecule has 1 rings (SSSR count). The molecule has 0 aromatic heterocycles. The SMILES string of the molecule is [O-][N+]1=CC[NH+]([O-])CC1. The summed E-state index contributed by atoms with van der Waals surface area (Å²) in [4.78, 5) is 0. The van der Waals surface area contributed by atoms with Crippen LogP contribution < -0.4 is 5.06 Å². The second-order valence-electron chi connectivity index (χ2n) is 1.82. The van der Waals surface area contributed by atoms with Crippen LogP contribution in [-0.4, -0.2) is 30.6 Å². The van der Waals surface area contributed by atoms with Crippen molar-refractivity contribution in [2.75, 3.05) is 19.6 Å². The molecule has 0 aromatic rings. The quantitative estimate of drug-likeness (QED) is 0.293. The molecule has 0 saturated heterocycles. The number of rotatable bonds is 0. The van der Waals surface area contributed by atoms with Crippen LogP contribution >= 0.6 is 0 Å². The Hall–Kier alpha value is -0.610. The topological polar surface area (TPSA) is 53.6 Å². The molecule has 0 radical (unpaired) electrons. The van der Waals surface area contributed by atoms with Crippen molar-refractivity contribution in [3.8, 4) is 0 Å². The minimum absolute atomic E-state index is 0.164. The lowest BCUT2D eigenvalue weighted by Crippen LogP contribution is -3.09. The Balaban J connectivity index is 2.42. The highest BCUT2D eigenvalue weighted by Crippen LogP contribution is 1.67. The van der Waals surface area contributed by atoms with Gasteiger partial charge < -0.3 is 15.5 Å². The third-order valence-electron chi connectivity index (χ3n) is 1.13. The molecule has 46 valence electrons. The largest absolute Gasteiger partial charge is 0.634 e. The van der Waals surface area contributed by atoms with E-state index in [0.29, 0.717) is 19.6 Å². The van der Waals surface area contributed by atoms with Crippen LogP contribution in [-0.2, 0) is 0 Å². The fraction of sp³-hybridized carbons (Fsp3) is 0.750. The van der Waals surface area contributed by atoms with Gasteiger partial charge in [-0.1, -0.05) is 0 Å². The first-order valence-electron chi connectivity index (χ1n) is 2.58. The van der Waals surface area contributed by atoms with Gasteiger partial charge in [-0.2, -0.15) is 0 Å². The van der Waals surface area contributed by atoms with Crippen molar-refractivity contribution in [2.45, 2.75) is 0 Å². The molecule has 8 heavy (non-hydrogen) atoms. The molecule has 4 heteroatoms. The summed E-state index contributed by atoms with van der Waals surface area (Å²) in [7, 11) is 0. The lowest BCUT2D eigenvalue weighted by Gasteiger charge is -2.22. The van der Waals surface area contributed by atoms with Crippen molar-refractivity contribution in [3.63, 3.8) is 0 Å². The maximum absolute atomic E-state index is 10.4. The van der Waals surface area contributed by atoms with E-state index in [9.17, 15) is 10.4 Å². The van der Waals surface area contributed by atoms with E-state index in [4.69, 9.17) is 0 Å². The van der Waals surface area contributed by atoms with Crippen LogP contribution in [0.4, 0.5) is 0 Å². The fourth-order valence-corrected chi connectivity index (χ4v) is 0.632. The summed E-state index contributed by atoms with van der Waals surface area (Å²) in [5.74, 6) is 0. The van der Waals surface area contributed by atoms with Gasteiger partial charge in [0.2, 0.25) is 12.8 Å². The Labute approximate surface area is 47.2 Å². The predicted molar refractivity (Wildman–Crippen MR) is 28.6 cm³/mol. The number of hydrogen-bond acceptors (Lipinski definition) is 2. The molecule has 1 heterocycles. The molecule has 4 nitrogen and oxygen atoms in total. The molecular formula is C4H8N2O2. The highest BCUT2D eigenvalue weighted by molar-refractivity contribution is 5.52. The van der Waals surface area contributed by atoms with E-state index in [0.717, 1.165) is 4.74 Å². The van der Waals surface area contributed by atoms with Gasteiger partial charge in [-0.3, -0.25) is 0 Å². The Morgan fingerprint density at radius 3 is 2.75 bits per heavy atom. The van der Waals surface area contributed by atoms with Crippen molar-refractivity contribution in [2.24, 2.45) is 0 Å². The van der Waals surface area contributed by atoms with E-state index in [-0.39, 0.29) is 5.06 Å². The Bertz CT molecular complexity index is 113. The van der Waals surface area contributed by atoms with E-state index in [1.165, 1.54) is 6.21 Å². The average Bonchev–Trinajstić information content (AvgIpc) is 1.77. The lowest BCUT2D eigenvalue weighted by molar-refractivity contribution is -0.856. The lowest BCUT2D eigenvalue weighted by atomic mass is 10.5. The molecule has 0 spiro atoms. The van der Waals surface area contributed by atoms with E-state index >= 15 is 0 Å². The van der Waals surface area contributed by atoms with Crippen molar-refractivity contribution >= 4 is 6.21 Å². The third-order valence-corrected chi connectivity index (χ3v) is 1.13. The first-order chi connectivity index (χ1) is 3.79. The van der Waals surface area contributed by atoms with E-state index in [2.05, 4.69) is 0 Å². The molecule has 1 aliphatic heterocycles. The normalized spacial score (nSPS) is 29.6. The maximum Gasteiger partial charge on any atom is 0.206 e. The van der Waals surface area contributed by atoms with Gasteiger partial charge in [-0.25, -0.2) is 4.74 Å². The van der Waals surface area contributed by atoms with Crippen LogP contribution in [0.1, 0.15) is 0 Å². The van der Waals surface area contributed by atoms with Gasteiger partial charge >= 0.3 is 0 Å². The van der Waals surface area contributed by atoms with Gasteiger partial charge in [0.05, 0.1) is 0 Å². The second-order valence-corrected chi connectivity index (χ2v) is 1.82. The van der Waals surface area contributed by atoms with Gasteiger partial charge in [0.25, 0.3) is 0 Å². The molecule has 0 aliphatic carbocycles. The zero-order valence-electron chi connectivity index (χ0n) is 4.46. The molecule has 0 amide bonds. The highest BCUT2D eigenvalue weighted by atomic mass is 16.5. The predicted octanol–water partition coefficient (Wildman–Crippen LogP) is -2.04. The molecule has 0 fully saturated rings. The molecule has 1 aliphatic rings. The van der Waals surface area contributed by atoms with Gasteiger partial charge in [0, 0.05) is 0 Å². The first kappa shape index (κ1) is 5.53. The van der Waals surface area contributed by atoms with Gasteiger partial charge in [-0.05, 0) is 0 Å². The molecule has 0 bridgehead atoms. The summed E-state index contributed by atoms with van der Waals surface area (Å²) in [6, 6.07) is 0. The standard InChI is InChI=1S/C4H8N2O2/c7-5-1-2-6(8)4-3-5/h1,6H,2-4H2. The molecule has 1 N–H and O–H groups in total. The van der Waals surface area contributed by atoms with Crippen molar-refractivity contribution in [3.05, 3.63) is 10.4 Å². The highest BCUT2D eigenvalue weighted by Gasteiger charge is 2.06. The first-order valence-corrected chi connectivity index (χ1v) is 2.58. The van der Waals surface area contributed by atoms with Crippen LogP contribution in [0, 0.1) is 10.4 Å². The third kappa shape index (κ3) is 1.18. The van der Waals surface area contributed by atoms with Gasteiger partial charge in [0.15, 0.2) is 6.54 Å². The van der Waals surface area contributed by atoms with E-state index in [1.807, 2.05) is 0 Å². The minimum Gasteiger partial charge on any atom is -0.634 e. The zero-order valence-corrected chi connectivity index (χ0v) is 4.46. The number of quaternary nitrogens is 1. The van der Waals surface area contributed by atoms with E-state index in [1.54, 1.807) is 0 Å². The minimum atomic E-state index is 0.164. The maximum atomic E-state index is 10.4. The molecule has 1 atom stereocenters. The summed E-state index contributed by atoms with van der Waals surface area (Å²) in [6.45, 7) is 1.09. The monoisotopic (exact) mass is 116 g/mol. The molecule has 0 aromatic carbocycles. The average molecular weight is 116 g/mol. The summed E-state index contributed by atoms with van der Waals surface area (Å²) in [6.07, 6.45) is 1.38. The summed E-state index contributed by atoms with van der Waals surface area (Å²) in [5.41, 5.74) is 0. The number of nitrogens with zero attached hydrogens (tertiary/aromatic N) is 1. The van der Waals surface area contributed by atoms with Crippen molar-refractivity contribution in [1.29, 1.82) is 0 Å². The van der Waals surface area contributed by atoms with Crippen LogP contribution in [0.25, 0.3) is 0 Å². The number of hydroxylamine groups is 3. The van der Waals surface area contributed by atoms with E-state index < -0.39 is 0 Å². The molecule has 0 saturated carbocycles. The summed E-state index contributed by atoms with van der Waals surface area (Å²) < 4.78 is 0.807. The van der Waals surface area contributed by atoms with Crippen LogP contribution in [0.15, 0.2) is 0 Å². The van der Waals surface area contributed by atoms with Crippen molar-refractivity contribution in [1.82, 2.24) is 0 Å². The Kier molecular flexibility index (Phi) is 1.45. The molecular weight excluding hydrogens is 108 g/mol. The Morgan fingerprint density at radius 2 is 2.38 bits per heavy atom. The van der Waals surface area contributed by atoms with Gasteiger partial charge in [-0.15, -0.1) is 0 Å². The van der Waals surface area contributed by atoms with Crippen LogP contribution in [0.3, 0.4) is 0 Å².